The Hall–Kier alpha value is -2.63. The number of rotatable bonds is 4. The molecule has 1 aliphatic carbocycles. The van der Waals surface area contributed by atoms with Crippen molar-refractivity contribution in [1.82, 2.24) is 15.0 Å². The Bertz CT molecular complexity index is 894. The highest BCUT2D eigenvalue weighted by molar-refractivity contribution is 6.06. The molecule has 0 unspecified atom stereocenters. The zero-order valence-electron chi connectivity index (χ0n) is 13.9. The molecule has 0 bridgehead atoms. The van der Waals surface area contributed by atoms with Crippen LogP contribution in [0.15, 0.2) is 33.4 Å². The first-order valence-electron chi connectivity index (χ1n) is 8.16. The van der Waals surface area contributed by atoms with Crippen molar-refractivity contribution in [3.8, 4) is 0 Å². The summed E-state index contributed by atoms with van der Waals surface area (Å²) in [7, 11) is 0. The first-order valence-corrected chi connectivity index (χ1v) is 8.16. The van der Waals surface area contributed by atoms with Gasteiger partial charge in [0.1, 0.15) is 5.76 Å². The van der Waals surface area contributed by atoms with Crippen LogP contribution in [0.1, 0.15) is 53.3 Å². The molecule has 6 nitrogen and oxygen atoms in total. The number of furan rings is 1. The summed E-state index contributed by atoms with van der Waals surface area (Å²) in [6, 6.07) is 5.70. The molecule has 3 aromatic heterocycles. The van der Waals surface area contributed by atoms with E-state index >= 15 is 0 Å². The summed E-state index contributed by atoms with van der Waals surface area (Å²) in [5.74, 6) is 0.766. The number of hydrogen-bond donors (Lipinski definition) is 0. The van der Waals surface area contributed by atoms with Gasteiger partial charge in [-0.2, -0.15) is 0 Å². The van der Waals surface area contributed by atoms with Crippen LogP contribution in [-0.2, 0) is 0 Å². The molecular formula is C18H19N3O3. The zero-order chi connectivity index (χ0) is 16.8. The zero-order valence-corrected chi connectivity index (χ0v) is 13.9. The Morgan fingerprint density at radius 1 is 1.38 bits per heavy atom. The number of carbonyl (C=O) groups is 1. The van der Waals surface area contributed by atoms with Crippen molar-refractivity contribution < 1.29 is 13.7 Å². The fourth-order valence-electron chi connectivity index (χ4n) is 3.20. The van der Waals surface area contributed by atoms with Gasteiger partial charge >= 0.3 is 0 Å². The van der Waals surface area contributed by atoms with Gasteiger partial charge in [-0.3, -0.25) is 4.79 Å². The van der Waals surface area contributed by atoms with Gasteiger partial charge in [-0.1, -0.05) is 5.16 Å². The number of pyridine rings is 1. The number of hydrogen-bond acceptors (Lipinski definition) is 5. The number of nitrogens with zero attached hydrogens (tertiary/aromatic N) is 3. The number of amides is 1. The largest absolute Gasteiger partial charge is 0.467 e. The minimum Gasteiger partial charge on any atom is -0.467 e. The summed E-state index contributed by atoms with van der Waals surface area (Å²) >= 11 is 0. The van der Waals surface area contributed by atoms with Gasteiger partial charge in [0.05, 0.1) is 28.9 Å². The molecule has 4 rings (SSSR count). The van der Waals surface area contributed by atoms with Crippen molar-refractivity contribution in [1.29, 1.82) is 0 Å². The SMILES string of the molecule is Cc1cc(C(=O)N(C2CC2)[C@@H](C)c2ccco2)c2c(C)noc2n1. The second kappa shape index (κ2) is 5.47. The van der Waals surface area contributed by atoms with Crippen molar-refractivity contribution >= 4 is 17.0 Å². The molecule has 1 aliphatic rings. The molecule has 24 heavy (non-hydrogen) atoms. The Kier molecular flexibility index (Phi) is 3.40. The fraction of sp³-hybridized carbons (Fsp3) is 0.389. The third-order valence-electron chi connectivity index (χ3n) is 4.52. The van der Waals surface area contributed by atoms with E-state index in [4.69, 9.17) is 8.94 Å². The van der Waals surface area contributed by atoms with E-state index in [9.17, 15) is 4.79 Å². The number of aryl methyl sites for hydroxylation is 2. The number of fused-ring (bicyclic) bond motifs is 1. The highest BCUT2D eigenvalue weighted by atomic mass is 16.5. The molecule has 6 heteroatoms. The van der Waals surface area contributed by atoms with Crippen LogP contribution in [0, 0.1) is 13.8 Å². The summed E-state index contributed by atoms with van der Waals surface area (Å²) in [5.41, 5.74) is 2.43. The van der Waals surface area contributed by atoms with E-state index in [0.29, 0.717) is 22.4 Å². The molecule has 1 fully saturated rings. The van der Waals surface area contributed by atoms with Crippen LogP contribution in [0.4, 0.5) is 0 Å². The Balaban J connectivity index is 1.80. The molecule has 3 aromatic rings. The predicted octanol–water partition coefficient (Wildman–Crippen LogP) is 3.80. The maximum atomic E-state index is 13.4. The maximum Gasteiger partial charge on any atom is 0.258 e. The fourth-order valence-corrected chi connectivity index (χ4v) is 3.20. The van der Waals surface area contributed by atoms with E-state index in [1.807, 2.05) is 43.9 Å². The number of aromatic nitrogens is 2. The van der Waals surface area contributed by atoms with Crippen LogP contribution in [0.3, 0.4) is 0 Å². The Labute approximate surface area is 139 Å². The summed E-state index contributed by atoms with van der Waals surface area (Å²) in [5, 5.41) is 4.66. The molecule has 0 saturated heterocycles. The second-order valence-electron chi connectivity index (χ2n) is 6.39. The van der Waals surface area contributed by atoms with Gasteiger partial charge in [0, 0.05) is 11.7 Å². The van der Waals surface area contributed by atoms with Crippen molar-refractivity contribution in [2.75, 3.05) is 0 Å². The maximum absolute atomic E-state index is 13.4. The standard InChI is InChI=1S/C18H19N3O3/c1-10-9-14(16-11(2)20-24-17(16)19-10)18(22)21(13-6-7-13)12(3)15-5-4-8-23-15/h4-5,8-9,12-13H,6-7H2,1-3H3/t12-/m0/s1. The van der Waals surface area contributed by atoms with Crippen LogP contribution in [-0.4, -0.2) is 27.0 Å². The van der Waals surface area contributed by atoms with Gasteiger partial charge in [0.25, 0.3) is 11.6 Å². The Morgan fingerprint density at radius 2 is 2.17 bits per heavy atom. The van der Waals surface area contributed by atoms with E-state index in [2.05, 4.69) is 10.1 Å². The van der Waals surface area contributed by atoms with Crippen LogP contribution >= 0.6 is 0 Å². The molecule has 0 aliphatic heterocycles. The second-order valence-corrected chi connectivity index (χ2v) is 6.39. The van der Waals surface area contributed by atoms with Crippen LogP contribution < -0.4 is 0 Å². The molecule has 0 N–H and O–H groups in total. The van der Waals surface area contributed by atoms with Crippen molar-refractivity contribution in [2.45, 2.75) is 45.7 Å². The van der Waals surface area contributed by atoms with Crippen molar-refractivity contribution in [3.05, 3.63) is 47.2 Å². The molecule has 3 heterocycles. The van der Waals surface area contributed by atoms with Crippen LogP contribution in [0.25, 0.3) is 11.1 Å². The minimum absolute atomic E-state index is 0.0248. The lowest BCUT2D eigenvalue weighted by Gasteiger charge is -2.28. The molecule has 124 valence electrons. The lowest BCUT2D eigenvalue weighted by Crippen LogP contribution is -2.35. The third kappa shape index (κ3) is 2.38. The third-order valence-corrected chi connectivity index (χ3v) is 4.52. The van der Waals surface area contributed by atoms with Crippen molar-refractivity contribution in [3.63, 3.8) is 0 Å². The molecular weight excluding hydrogens is 306 g/mol. The summed E-state index contributed by atoms with van der Waals surface area (Å²) in [6.07, 6.45) is 3.68. The van der Waals surface area contributed by atoms with Crippen molar-refractivity contribution in [2.24, 2.45) is 0 Å². The van der Waals surface area contributed by atoms with Crippen LogP contribution in [0.5, 0.6) is 0 Å². The Morgan fingerprint density at radius 3 is 2.83 bits per heavy atom. The van der Waals surface area contributed by atoms with Crippen LogP contribution in [0.2, 0.25) is 0 Å². The lowest BCUT2D eigenvalue weighted by atomic mass is 10.1. The highest BCUT2D eigenvalue weighted by Crippen LogP contribution is 2.37. The molecule has 0 spiro atoms. The van der Waals surface area contributed by atoms with Gasteiger partial charge in [-0.05, 0) is 51.8 Å². The molecule has 1 atom stereocenters. The van der Waals surface area contributed by atoms with Gasteiger partial charge < -0.3 is 13.8 Å². The summed E-state index contributed by atoms with van der Waals surface area (Å²) in [6.45, 7) is 5.68. The molecule has 1 amide bonds. The minimum atomic E-state index is -0.122. The van der Waals surface area contributed by atoms with Gasteiger partial charge in [0.2, 0.25) is 0 Å². The first-order chi connectivity index (χ1) is 11.6. The monoisotopic (exact) mass is 325 g/mol. The predicted molar refractivity (Wildman–Crippen MR) is 87.6 cm³/mol. The number of carbonyl (C=O) groups excluding carboxylic acids is 1. The average molecular weight is 325 g/mol. The smallest absolute Gasteiger partial charge is 0.258 e. The molecule has 0 radical (unpaired) electrons. The first kappa shape index (κ1) is 14.9. The average Bonchev–Trinajstić information content (AvgIpc) is 3.09. The quantitative estimate of drug-likeness (QED) is 0.729. The summed E-state index contributed by atoms with van der Waals surface area (Å²) < 4.78 is 10.8. The molecule has 1 saturated carbocycles. The summed E-state index contributed by atoms with van der Waals surface area (Å²) in [4.78, 5) is 19.6. The lowest BCUT2D eigenvalue weighted by molar-refractivity contribution is 0.0654. The van der Waals surface area contributed by atoms with E-state index in [0.717, 1.165) is 24.3 Å². The topological polar surface area (TPSA) is 72.4 Å². The van der Waals surface area contributed by atoms with E-state index in [1.165, 1.54) is 0 Å². The van der Waals surface area contributed by atoms with E-state index in [1.54, 1.807) is 6.26 Å². The highest BCUT2D eigenvalue weighted by Gasteiger charge is 2.38. The van der Waals surface area contributed by atoms with Gasteiger partial charge in [0.15, 0.2) is 0 Å². The normalized spacial score (nSPS) is 15.6. The van der Waals surface area contributed by atoms with Gasteiger partial charge in [-0.15, -0.1) is 0 Å². The van der Waals surface area contributed by atoms with E-state index < -0.39 is 0 Å². The molecule has 0 aromatic carbocycles. The van der Waals surface area contributed by atoms with Gasteiger partial charge in [-0.25, -0.2) is 4.98 Å². The van der Waals surface area contributed by atoms with E-state index in [-0.39, 0.29) is 18.0 Å².